The average molecular weight is 1560 g/mol. The smallest absolute Gasteiger partial charge is 0.272 e. The van der Waals surface area contributed by atoms with Gasteiger partial charge in [-0.25, -0.2) is 9.36 Å². The number of nitrogens with zero attached hydrogens (tertiary/aromatic N) is 4. The Bertz CT molecular complexity index is 4260. The van der Waals surface area contributed by atoms with Gasteiger partial charge in [0.15, 0.2) is 11.4 Å². The van der Waals surface area contributed by atoms with Gasteiger partial charge in [0.1, 0.15) is 0 Å². The molecule has 0 aliphatic heterocycles. The van der Waals surface area contributed by atoms with Crippen molar-refractivity contribution in [2.45, 2.75) is 155 Å². The predicted octanol–water partition coefficient (Wildman–Crippen LogP) is 16.2. The highest BCUT2D eigenvalue weighted by Crippen LogP contribution is 2.35. The van der Waals surface area contributed by atoms with Gasteiger partial charge in [-0.3, -0.25) is 38.4 Å². The Morgan fingerprint density at radius 1 is 0.311 bits per heavy atom. The molecule has 8 aromatic rings. The fourth-order valence-electron chi connectivity index (χ4n) is 11.9. The maximum absolute atomic E-state index is 13.4. The van der Waals surface area contributed by atoms with E-state index in [2.05, 4.69) is 52.7 Å². The number of aromatic nitrogens is 4. The van der Waals surface area contributed by atoms with Crippen molar-refractivity contribution in [1.29, 1.82) is 0 Å². The molecule has 0 spiro atoms. The van der Waals surface area contributed by atoms with E-state index in [0.717, 1.165) is 98.6 Å². The van der Waals surface area contributed by atoms with Crippen LogP contribution in [0.3, 0.4) is 0 Å². The zero-order valence-corrected chi connectivity index (χ0v) is 64.4. The van der Waals surface area contributed by atoms with Gasteiger partial charge in [0.2, 0.25) is 23.6 Å². The summed E-state index contributed by atoms with van der Waals surface area (Å²) in [5.74, 6) is -1.16. The van der Waals surface area contributed by atoms with Crippen LogP contribution in [-0.2, 0) is 32.3 Å². The molecule has 0 aliphatic carbocycles. The molecule has 106 heavy (non-hydrogen) atoms. The quantitative estimate of drug-likeness (QED) is 0.0167. The summed E-state index contributed by atoms with van der Waals surface area (Å²) in [6.45, 7) is 7.34. The predicted molar refractivity (Wildman–Crippen MR) is 422 cm³/mol. The number of benzene rings is 6. The molecule has 0 aliphatic rings. The SMILES string of the molecule is Cc1c(C(=O)NCCCCCCNC(=O)CCCCCNC(=O)c2ccc(CNC(=O)CCCCCNC(=O)CCCCCNC(=O)c3ccc(CNC(=O)CCCCCNC(=O)c4nn(-c5ccc(Cl)cc5Cl)c(-c5ccc(Cl)cc5)c4C)cc3)cc2)nn(-c2ccc(Cl)cc2Cl)c1-c1ccc(Cl)cc1. The minimum Gasteiger partial charge on any atom is -0.356 e. The molecule has 8 amide bonds. The number of carbonyl (C=O) groups excluding carboxylic acids is 8. The van der Waals surface area contributed by atoms with Crippen molar-refractivity contribution in [3.05, 3.63) is 208 Å². The third-order valence-corrected chi connectivity index (χ3v) is 19.4. The highest BCUT2D eigenvalue weighted by Gasteiger charge is 2.26. The van der Waals surface area contributed by atoms with Crippen molar-refractivity contribution < 1.29 is 38.4 Å². The number of amides is 8. The number of unbranched alkanes of at least 4 members (excludes halogenated alkanes) is 11. The molecular formula is C80H92Cl6N12O8. The average Bonchev–Trinajstić information content (AvgIpc) is 1.62. The lowest BCUT2D eigenvalue weighted by Crippen LogP contribution is -2.26. The van der Waals surface area contributed by atoms with Crippen molar-refractivity contribution in [3.8, 4) is 33.9 Å². The molecule has 8 rings (SSSR count). The summed E-state index contributed by atoms with van der Waals surface area (Å²) >= 11 is 37.8. The second-order valence-corrected chi connectivity index (χ2v) is 28.6. The number of nitrogens with one attached hydrogen (secondary N) is 8. The normalized spacial score (nSPS) is 11.1. The van der Waals surface area contributed by atoms with Crippen molar-refractivity contribution in [2.24, 2.45) is 0 Å². The molecule has 0 unspecified atom stereocenters. The fourth-order valence-corrected chi connectivity index (χ4v) is 13.1. The summed E-state index contributed by atoms with van der Waals surface area (Å²) in [6, 6.07) is 39.0. The first-order valence-electron chi connectivity index (χ1n) is 36.2. The van der Waals surface area contributed by atoms with Gasteiger partial charge in [-0.15, -0.1) is 0 Å². The summed E-state index contributed by atoms with van der Waals surface area (Å²) in [5.41, 5.74) is 8.93. The molecule has 0 saturated carbocycles. The molecule has 2 aromatic heterocycles. The molecule has 562 valence electrons. The van der Waals surface area contributed by atoms with Gasteiger partial charge >= 0.3 is 0 Å². The highest BCUT2D eigenvalue weighted by atomic mass is 35.5. The van der Waals surface area contributed by atoms with Crippen LogP contribution in [0.15, 0.2) is 133 Å². The third-order valence-electron chi connectivity index (χ3n) is 17.8. The van der Waals surface area contributed by atoms with Gasteiger partial charge in [-0.2, -0.15) is 10.2 Å². The van der Waals surface area contributed by atoms with Gasteiger partial charge < -0.3 is 42.5 Å². The Morgan fingerprint density at radius 2 is 0.594 bits per heavy atom. The molecule has 0 fully saturated rings. The summed E-state index contributed by atoms with van der Waals surface area (Å²) in [5, 5.41) is 36.0. The van der Waals surface area contributed by atoms with Crippen LogP contribution in [0, 0.1) is 13.8 Å². The lowest BCUT2D eigenvalue weighted by Gasteiger charge is -2.11. The fraction of sp³-hybridized carbons (Fsp3) is 0.375. The summed E-state index contributed by atoms with van der Waals surface area (Å²) in [7, 11) is 0. The minimum atomic E-state index is -0.322. The molecule has 26 heteroatoms. The molecule has 8 N–H and O–H groups in total. The van der Waals surface area contributed by atoms with Gasteiger partial charge in [-0.1, -0.05) is 157 Å². The zero-order valence-electron chi connectivity index (χ0n) is 59.8. The van der Waals surface area contributed by atoms with Gasteiger partial charge in [0, 0.05) is 132 Å². The van der Waals surface area contributed by atoms with Crippen LogP contribution in [0.5, 0.6) is 0 Å². The molecule has 6 aromatic carbocycles. The second kappa shape index (κ2) is 43.8. The van der Waals surface area contributed by atoms with E-state index in [-0.39, 0.29) is 53.0 Å². The Morgan fingerprint density at radius 3 is 0.915 bits per heavy atom. The van der Waals surface area contributed by atoms with E-state index in [9.17, 15) is 38.4 Å². The second-order valence-electron chi connectivity index (χ2n) is 26.0. The summed E-state index contributed by atoms with van der Waals surface area (Å²) < 4.78 is 3.31. The Kier molecular flexibility index (Phi) is 34.2. The van der Waals surface area contributed by atoms with E-state index >= 15 is 0 Å². The zero-order chi connectivity index (χ0) is 75.7. The van der Waals surface area contributed by atoms with E-state index in [4.69, 9.17) is 69.6 Å². The molecule has 0 radical (unpaired) electrons. The Hall–Kier alpha value is -8.76. The standard InChI is InChI=1S/C80H92Cl6N12O8/c1-53-73(95-97(67-41-39-63(83)49-65(67)85)75(53)57-31-35-61(81)36-32-57)79(105)91-47-14-4-3-13-43-87-69(99)19-9-6-16-45-89-77(103)59-27-23-55(24-28-59)51-93-71(101)21-11-5-15-44-88-70(100)20-10-7-17-46-90-78(104)60-29-25-56(26-30-60)52-94-72(102)22-12-8-18-48-92-80(106)74-54(2)76(58-33-37-62(82)38-34-58)98(96-74)68-42-40-64(84)50-66(68)86/h23-42,49-50H,3-22,43-48,51-52H2,1-2H3,(H,87,99)(H,88,100)(H,89,103)(H,90,104)(H,91,105)(H,92,106)(H,93,101)(H,94,102). The maximum atomic E-state index is 13.4. The van der Waals surface area contributed by atoms with Crippen molar-refractivity contribution >= 4 is 117 Å². The van der Waals surface area contributed by atoms with Crippen LogP contribution in [-0.4, -0.2) is 106 Å². The number of rotatable bonds is 43. The van der Waals surface area contributed by atoms with E-state index in [1.807, 2.05) is 62.4 Å². The number of hydrogen-bond acceptors (Lipinski definition) is 10. The Balaban J connectivity index is 0.566. The summed E-state index contributed by atoms with van der Waals surface area (Å²) in [6.07, 6.45) is 13.6. The molecule has 0 saturated heterocycles. The van der Waals surface area contributed by atoms with Gasteiger partial charge in [0.05, 0.1) is 32.8 Å². The van der Waals surface area contributed by atoms with Crippen LogP contribution in [0.4, 0.5) is 0 Å². The first kappa shape index (κ1) is 82.9. The highest BCUT2D eigenvalue weighted by molar-refractivity contribution is 6.36. The van der Waals surface area contributed by atoms with E-state index in [1.165, 1.54) is 0 Å². The van der Waals surface area contributed by atoms with Crippen LogP contribution < -0.4 is 42.5 Å². The van der Waals surface area contributed by atoms with Crippen molar-refractivity contribution in [1.82, 2.24) is 62.1 Å². The molecule has 2 heterocycles. The first-order valence-corrected chi connectivity index (χ1v) is 38.5. The number of hydrogen-bond donors (Lipinski definition) is 8. The third kappa shape index (κ3) is 26.6. The monoisotopic (exact) mass is 1560 g/mol. The molecule has 0 bridgehead atoms. The Labute approximate surface area is 649 Å². The minimum absolute atomic E-state index is 0.00384. The van der Waals surface area contributed by atoms with Gasteiger partial charge in [0.25, 0.3) is 23.6 Å². The number of halogens is 6. The number of carbonyl (C=O) groups is 8. The molecular weight excluding hydrogens is 1470 g/mol. The van der Waals surface area contributed by atoms with Crippen LogP contribution in [0.25, 0.3) is 33.9 Å². The van der Waals surface area contributed by atoms with E-state index < -0.39 is 0 Å². The first-order chi connectivity index (χ1) is 51.2. The van der Waals surface area contributed by atoms with Crippen LogP contribution in [0.1, 0.15) is 192 Å². The van der Waals surface area contributed by atoms with Crippen molar-refractivity contribution in [2.75, 3.05) is 39.3 Å². The van der Waals surface area contributed by atoms with E-state index in [1.54, 1.807) is 94.3 Å². The lowest BCUT2D eigenvalue weighted by atomic mass is 10.1. The van der Waals surface area contributed by atoms with Crippen molar-refractivity contribution in [3.63, 3.8) is 0 Å². The van der Waals surface area contributed by atoms with Gasteiger partial charge in [-0.05, 0) is 174 Å². The van der Waals surface area contributed by atoms with E-state index in [0.29, 0.717) is 185 Å². The maximum Gasteiger partial charge on any atom is 0.272 e. The van der Waals surface area contributed by atoms with Crippen LogP contribution in [0.2, 0.25) is 30.1 Å². The molecule has 20 nitrogen and oxygen atoms in total. The largest absolute Gasteiger partial charge is 0.356 e. The molecule has 0 atom stereocenters. The van der Waals surface area contributed by atoms with Crippen LogP contribution >= 0.6 is 69.6 Å². The lowest BCUT2D eigenvalue weighted by molar-refractivity contribution is -0.122. The topological polar surface area (TPSA) is 268 Å². The summed E-state index contributed by atoms with van der Waals surface area (Å²) in [4.78, 5) is 102.